The van der Waals surface area contributed by atoms with Gasteiger partial charge in [0.1, 0.15) is 0 Å². The molecule has 2 aromatic rings. The van der Waals surface area contributed by atoms with Crippen molar-refractivity contribution in [3.05, 3.63) is 71.1 Å². The van der Waals surface area contributed by atoms with Gasteiger partial charge in [0.2, 0.25) is 15.9 Å². The van der Waals surface area contributed by atoms with E-state index in [2.05, 4.69) is 16.0 Å². The molecule has 0 aliphatic heterocycles. The summed E-state index contributed by atoms with van der Waals surface area (Å²) in [6.45, 7) is 0.00211. The Morgan fingerprint density at radius 3 is 2.60 bits per heavy atom. The summed E-state index contributed by atoms with van der Waals surface area (Å²) < 4.78 is 26.1. The van der Waals surface area contributed by atoms with Crippen molar-refractivity contribution in [1.82, 2.24) is 4.72 Å². The minimum absolute atomic E-state index is 0.00211. The number of sulfonamides is 1. The molecule has 0 saturated heterocycles. The third kappa shape index (κ3) is 6.63. The van der Waals surface area contributed by atoms with Gasteiger partial charge < -0.3 is 5.32 Å². The fourth-order valence-electron chi connectivity index (χ4n) is 2.00. The number of anilines is 1. The van der Waals surface area contributed by atoms with Gasteiger partial charge in [-0.3, -0.25) is 4.79 Å². The molecule has 1 amide bonds. The van der Waals surface area contributed by atoms with Gasteiger partial charge in [-0.2, -0.15) is 0 Å². The zero-order valence-corrected chi connectivity index (χ0v) is 14.3. The van der Waals surface area contributed by atoms with Crippen LogP contribution in [0.4, 0.5) is 5.69 Å². The quantitative estimate of drug-likeness (QED) is 0.751. The van der Waals surface area contributed by atoms with Crippen LogP contribution in [0.5, 0.6) is 0 Å². The molecule has 0 aliphatic carbocycles. The van der Waals surface area contributed by atoms with Gasteiger partial charge in [0, 0.05) is 29.6 Å². The Morgan fingerprint density at radius 1 is 1.12 bits per heavy atom. The highest BCUT2D eigenvalue weighted by molar-refractivity contribution is 7.92. The smallest absolute Gasteiger partial charge is 0.233 e. The molecular formula is C19H18N2O3S. The summed E-state index contributed by atoms with van der Waals surface area (Å²) in [7, 11) is -3.60. The van der Waals surface area contributed by atoms with E-state index < -0.39 is 10.0 Å². The lowest BCUT2D eigenvalue weighted by atomic mass is 10.2. The minimum atomic E-state index is -3.60. The first-order valence-electron chi connectivity index (χ1n) is 7.58. The van der Waals surface area contributed by atoms with E-state index in [1.165, 1.54) is 6.08 Å². The Hall–Kier alpha value is -2.88. The molecule has 0 aromatic heterocycles. The highest BCUT2D eigenvalue weighted by Gasteiger charge is 2.07. The number of hydrogen-bond acceptors (Lipinski definition) is 3. The third-order valence-electron chi connectivity index (χ3n) is 3.21. The van der Waals surface area contributed by atoms with Crippen molar-refractivity contribution in [1.29, 1.82) is 0 Å². The number of carbonyl (C=O) groups excluding carboxylic acids is 1. The molecule has 5 nitrogen and oxygen atoms in total. The average Bonchev–Trinajstić information content (AvgIpc) is 2.61. The normalized spacial score (nSPS) is 11.2. The van der Waals surface area contributed by atoms with E-state index in [1.54, 1.807) is 36.4 Å². The summed E-state index contributed by atoms with van der Waals surface area (Å²) in [5, 5.41) is 3.75. The molecule has 0 heterocycles. The Labute approximate surface area is 147 Å². The summed E-state index contributed by atoms with van der Waals surface area (Å²) >= 11 is 0. The van der Waals surface area contributed by atoms with E-state index in [0.29, 0.717) is 11.3 Å². The number of nitrogens with one attached hydrogen (secondary N) is 2. The van der Waals surface area contributed by atoms with E-state index in [4.69, 9.17) is 6.42 Å². The third-order valence-corrected chi connectivity index (χ3v) is 4.31. The number of amides is 1. The van der Waals surface area contributed by atoms with Gasteiger partial charge in [0.25, 0.3) is 0 Å². The van der Waals surface area contributed by atoms with Crippen LogP contribution in [0.15, 0.2) is 60.0 Å². The first-order valence-corrected chi connectivity index (χ1v) is 9.12. The highest BCUT2D eigenvalue weighted by Crippen LogP contribution is 2.10. The van der Waals surface area contributed by atoms with Gasteiger partial charge in [0.15, 0.2) is 0 Å². The van der Waals surface area contributed by atoms with Crippen LogP contribution in [0.2, 0.25) is 0 Å². The van der Waals surface area contributed by atoms with Crippen molar-refractivity contribution in [2.45, 2.75) is 6.42 Å². The zero-order chi connectivity index (χ0) is 18.1. The lowest BCUT2D eigenvalue weighted by Gasteiger charge is -2.06. The Balaban J connectivity index is 1.81. The highest BCUT2D eigenvalue weighted by atomic mass is 32.2. The Bertz CT molecular complexity index is 898. The number of terminal acetylenes is 1. The van der Waals surface area contributed by atoms with Crippen LogP contribution >= 0.6 is 0 Å². The summed E-state index contributed by atoms with van der Waals surface area (Å²) in [6.07, 6.45) is 6.81. The predicted molar refractivity (Wildman–Crippen MR) is 100 cm³/mol. The maximum Gasteiger partial charge on any atom is 0.233 e. The van der Waals surface area contributed by atoms with E-state index in [0.717, 1.165) is 11.0 Å². The van der Waals surface area contributed by atoms with Crippen molar-refractivity contribution in [3.63, 3.8) is 0 Å². The molecule has 0 fully saturated rings. The Kier molecular flexibility index (Phi) is 6.52. The maximum atomic E-state index is 11.9. The average molecular weight is 354 g/mol. The summed E-state index contributed by atoms with van der Waals surface area (Å²) in [5.41, 5.74) is 2.01. The minimum Gasteiger partial charge on any atom is -0.326 e. The molecule has 2 aromatic carbocycles. The molecule has 128 valence electrons. The monoisotopic (exact) mass is 354 g/mol. The number of hydrogen-bond donors (Lipinski definition) is 2. The molecule has 6 heteroatoms. The van der Waals surface area contributed by atoms with Crippen molar-refractivity contribution >= 4 is 27.7 Å². The molecule has 0 radical (unpaired) electrons. The standard InChI is InChI=1S/C19H18N2O3S/c1-2-16-9-6-10-18(15-16)21-19(22)11-13-20-25(23,24)14-12-17-7-4-3-5-8-17/h1,3-10,12,14-15,20H,11,13H2,(H,21,22)/b14-12+. The van der Waals surface area contributed by atoms with E-state index >= 15 is 0 Å². The SMILES string of the molecule is C#Cc1cccc(NC(=O)CCNS(=O)(=O)/C=C/c2ccccc2)c1. The zero-order valence-electron chi connectivity index (χ0n) is 13.5. The van der Waals surface area contributed by atoms with Gasteiger partial charge in [-0.15, -0.1) is 6.42 Å². The van der Waals surface area contributed by atoms with Crippen LogP contribution in [0.3, 0.4) is 0 Å². The van der Waals surface area contributed by atoms with Crippen molar-refractivity contribution < 1.29 is 13.2 Å². The van der Waals surface area contributed by atoms with Crippen molar-refractivity contribution in [3.8, 4) is 12.3 Å². The van der Waals surface area contributed by atoms with E-state index in [9.17, 15) is 13.2 Å². The van der Waals surface area contributed by atoms with E-state index in [-0.39, 0.29) is 18.9 Å². The van der Waals surface area contributed by atoms with Gasteiger partial charge in [-0.1, -0.05) is 42.3 Å². The second-order valence-electron chi connectivity index (χ2n) is 5.18. The lowest BCUT2D eigenvalue weighted by Crippen LogP contribution is -2.26. The van der Waals surface area contributed by atoms with Gasteiger partial charge >= 0.3 is 0 Å². The molecule has 0 aliphatic rings. The molecule has 25 heavy (non-hydrogen) atoms. The van der Waals surface area contributed by atoms with Gasteiger partial charge in [0.05, 0.1) is 0 Å². The lowest BCUT2D eigenvalue weighted by molar-refractivity contribution is -0.116. The van der Waals surface area contributed by atoms with Gasteiger partial charge in [-0.25, -0.2) is 13.1 Å². The van der Waals surface area contributed by atoms with Crippen molar-refractivity contribution in [2.75, 3.05) is 11.9 Å². The molecule has 0 bridgehead atoms. The van der Waals surface area contributed by atoms with Crippen LogP contribution in [0.1, 0.15) is 17.5 Å². The largest absolute Gasteiger partial charge is 0.326 e. The topological polar surface area (TPSA) is 75.3 Å². The first kappa shape index (κ1) is 18.5. The molecule has 0 atom stereocenters. The molecule has 2 N–H and O–H groups in total. The predicted octanol–water partition coefficient (Wildman–Crippen LogP) is 2.59. The van der Waals surface area contributed by atoms with Crippen LogP contribution in [-0.2, 0) is 14.8 Å². The first-order chi connectivity index (χ1) is 12.0. The maximum absolute atomic E-state index is 11.9. The fraction of sp³-hybridized carbons (Fsp3) is 0.105. The van der Waals surface area contributed by atoms with Crippen molar-refractivity contribution in [2.24, 2.45) is 0 Å². The number of benzene rings is 2. The summed E-state index contributed by atoms with van der Waals surface area (Å²) in [6, 6.07) is 16.0. The van der Waals surface area contributed by atoms with Crippen LogP contribution < -0.4 is 10.0 Å². The van der Waals surface area contributed by atoms with Gasteiger partial charge in [-0.05, 0) is 29.8 Å². The molecule has 0 spiro atoms. The second kappa shape index (κ2) is 8.83. The Morgan fingerprint density at radius 2 is 1.88 bits per heavy atom. The van der Waals surface area contributed by atoms with Crippen LogP contribution in [0.25, 0.3) is 6.08 Å². The molecule has 0 unspecified atom stereocenters. The number of carbonyl (C=O) groups is 1. The molecule has 0 saturated carbocycles. The van der Waals surface area contributed by atoms with E-state index in [1.807, 2.05) is 18.2 Å². The molecular weight excluding hydrogens is 336 g/mol. The summed E-state index contributed by atoms with van der Waals surface area (Å²) in [5.74, 6) is 2.18. The molecule has 2 rings (SSSR count). The number of rotatable bonds is 7. The summed E-state index contributed by atoms with van der Waals surface area (Å²) in [4.78, 5) is 11.9. The van der Waals surface area contributed by atoms with Crippen LogP contribution in [0, 0.1) is 12.3 Å². The fourth-order valence-corrected chi connectivity index (χ4v) is 2.82. The van der Waals surface area contributed by atoms with Crippen LogP contribution in [-0.4, -0.2) is 20.9 Å². The second-order valence-corrected chi connectivity index (χ2v) is 6.83.